The van der Waals surface area contributed by atoms with Crippen molar-refractivity contribution in [1.29, 1.82) is 0 Å². The number of nitrogens with zero attached hydrogens (tertiary/aromatic N) is 3. The van der Waals surface area contributed by atoms with Gasteiger partial charge in [-0.05, 0) is 43.5 Å². The summed E-state index contributed by atoms with van der Waals surface area (Å²) < 4.78 is 34.1. The van der Waals surface area contributed by atoms with Gasteiger partial charge in [-0.15, -0.1) is 0 Å². The smallest absolute Gasteiger partial charge is 0.267 e. The van der Waals surface area contributed by atoms with Crippen LogP contribution < -0.4 is 9.04 Å². The Morgan fingerprint density at radius 3 is 2.86 bits per heavy atom. The summed E-state index contributed by atoms with van der Waals surface area (Å²) >= 11 is 0. The molecule has 3 rings (SSSR count). The summed E-state index contributed by atoms with van der Waals surface area (Å²) in [5.74, 6) is 0.747. The van der Waals surface area contributed by atoms with Crippen LogP contribution >= 0.6 is 0 Å². The Hall–Kier alpha value is -2.02. The molecule has 1 aromatic carbocycles. The van der Waals surface area contributed by atoms with E-state index in [2.05, 4.69) is 5.10 Å². The van der Waals surface area contributed by atoms with Crippen LogP contribution in [0.3, 0.4) is 0 Å². The second-order valence-electron chi connectivity index (χ2n) is 5.21. The van der Waals surface area contributed by atoms with Gasteiger partial charge in [0.15, 0.2) is 0 Å². The highest BCUT2D eigenvalue weighted by Crippen LogP contribution is 2.34. The van der Waals surface area contributed by atoms with Crippen LogP contribution in [0.15, 0.2) is 35.5 Å². The van der Waals surface area contributed by atoms with Gasteiger partial charge in [0.05, 0.1) is 19.0 Å². The Morgan fingerprint density at radius 2 is 2.18 bits per heavy atom. The van der Waals surface area contributed by atoms with Crippen LogP contribution in [-0.4, -0.2) is 31.9 Å². The van der Waals surface area contributed by atoms with E-state index in [-0.39, 0.29) is 4.90 Å². The van der Waals surface area contributed by atoms with Crippen molar-refractivity contribution in [3.63, 3.8) is 0 Å². The first-order valence-electron chi connectivity index (χ1n) is 7.28. The van der Waals surface area contributed by atoms with E-state index in [4.69, 9.17) is 4.74 Å². The largest absolute Gasteiger partial charge is 0.497 e. The van der Waals surface area contributed by atoms with Crippen LogP contribution in [0.2, 0.25) is 0 Å². The van der Waals surface area contributed by atoms with Crippen LogP contribution in [0.1, 0.15) is 18.9 Å². The minimum absolute atomic E-state index is 0.234. The zero-order chi connectivity index (χ0) is 15.7. The molecular formula is C15H19N3O3S. The highest BCUT2D eigenvalue weighted by molar-refractivity contribution is 7.92. The average Bonchev–Trinajstić information content (AvgIpc) is 3.03. The van der Waals surface area contributed by atoms with Gasteiger partial charge in [-0.3, -0.25) is 8.99 Å². The van der Waals surface area contributed by atoms with Gasteiger partial charge in [-0.2, -0.15) is 5.10 Å². The van der Waals surface area contributed by atoms with Crippen molar-refractivity contribution in [1.82, 2.24) is 9.78 Å². The summed E-state index contributed by atoms with van der Waals surface area (Å²) in [6.07, 6.45) is 4.64. The molecule has 0 atom stereocenters. The summed E-state index contributed by atoms with van der Waals surface area (Å²) in [5.41, 5.74) is 1.73. The monoisotopic (exact) mass is 321 g/mol. The van der Waals surface area contributed by atoms with Crippen LogP contribution in [0.5, 0.6) is 5.75 Å². The summed E-state index contributed by atoms with van der Waals surface area (Å²) in [6, 6.07) is 5.52. The first-order valence-corrected chi connectivity index (χ1v) is 8.72. The third-order valence-electron chi connectivity index (χ3n) is 3.88. The number of fused-ring (bicyclic) bond motifs is 1. The number of hydrogen-bond acceptors (Lipinski definition) is 4. The minimum atomic E-state index is -3.58. The molecule has 1 aliphatic rings. The number of hydrogen-bond donors (Lipinski definition) is 0. The second-order valence-corrected chi connectivity index (χ2v) is 7.07. The molecule has 0 N–H and O–H groups in total. The van der Waals surface area contributed by atoms with Gasteiger partial charge in [-0.1, -0.05) is 0 Å². The summed E-state index contributed by atoms with van der Waals surface area (Å²) in [7, 11) is -1.97. The first-order chi connectivity index (χ1) is 10.6. The number of rotatable bonds is 4. The molecule has 0 radical (unpaired) electrons. The fourth-order valence-electron chi connectivity index (χ4n) is 2.69. The third kappa shape index (κ3) is 2.45. The van der Waals surface area contributed by atoms with Gasteiger partial charge < -0.3 is 4.74 Å². The number of anilines is 1. The van der Waals surface area contributed by atoms with Crippen LogP contribution in [0.25, 0.3) is 0 Å². The van der Waals surface area contributed by atoms with Crippen LogP contribution in [-0.2, 0) is 23.0 Å². The van der Waals surface area contributed by atoms with Gasteiger partial charge in [-0.25, -0.2) is 8.42 Å². The van der Waals surface area contributed by atoms with E-state index < -0.39 is 10.0 Å². The number of aromatic nitrogens is 2. The maximum atomic E-state index is 12.9. The number of benzene rings is 1. The summed E-state index contributed by atoms with van der Waals surface area (Å²) in [4.78, 5) is 0.234. The van der Waals surface area contributed by atoms with Crippen molar-refractivity contribution >= 4 is 15.7 Å². The predicted octanol–water partition coefficient (Wildman–Crippen LogP) is 2.05. The number of sulfonamides is 1. The van der Waals surface area contributed by atoms with Gasteiger partial charge in [0.25, 0.3) is 10.0 Å². The number of methoxy groups -OCH3 is 1. The number of ether oxygens (including phenoxy) is 1. The van der Waals surface area contributed by atoms with Crippen LogP contribution in [0, 0.1) is 0 Å². The number of aryl methyl sites for hydroxylation is 2. The maximum Gasteiger partial charge on any atom is 0.267 e. The van der Waals surface area contributed by atoms with Crippen molar-refractivity contribution < 1.29 is 13.2 Å². The lowest BCUT2D eigenvalue weighted by Gasteiger charge is -2.30. The Balaban J connectivity index is 2.02. The lowest BCUT2D eigenvalue weighted by molar-refractivity contribution is 0.414. The Kier molecular flexibility index (Phi) is 3.82. The van der Waals surface area contributed by atoms with E-state index in [0.717, 1.165) is 29.8 Å². The maximum absolute atomic E-state index is 12.9. The molecule has 0 fully saturated rings. The highest BCUT2D eigenvalue weighted by atomic mass is 32.2. The quantitative estimate of drug-likeness (QED) is 0.864. The lowest BCUT2D eigenvalue weighted by atomic mass is 10.0. The zero-order valence-corrected chi connectivity index (χ0v) is 13.5. The molecule has 0 saturated carbocycles. The molecule has 2 aromatic rings. The van der Waals surface area contributed by atoms with Gasteiger partial charge >= 0.3 is 0 Å². The van der Waals surface area contributed by atoms with E-state index >= 15 is 0 Å². The summed E-state index contributed by atoms with van der Waals surface area (Å²) in [5, 5.41) is 4.07. The zero-order valence-electron chi connectivity index (χ0n) is 12.7. The molecular weight excluding hydrogens is 302 g/mol. The van der Waals surface area contributed by atoms with Crippen molar-refractivity contribution in [2.24, 2.45) is 0 Å². The molecule has 1 aromatic heterocycles. The average molecular weight is 321 g/mol. The SMILES string of the molecule is CCn1cc(S(=O)(=O)N2CCCc3cc(OC)ccc32)cn1. The topological polar surface area (TPSA) is 64.4 Å². The van der Waals surface area contributed by atoms with Crippen molar-refractivity contribution in [2.75, 3.05) is 18.0 Å². The molecule has 0 unspecified atom stereocenters. The third-order valence-corrected chi connectivity index (χ3v) is 5.65. The minimum Gasteiger partial charge on any atom is -0.497 e. The van der Waals surface area contributed by atoms with Gasteiger partial charge in [0, 0.05) is 19.3 Å². The normalized spacial score (nSPS) is 14.7. The molecule has 0 bridgehead atoms. The molecule has 0 saturated heterocycles. The Morgan fingerprint density at radius 1 is 1.36 bits per heavy atom. The van der Waals surface area contributed by atoms with Crippen molar-refractivity contribution in [2.45, 2.75) is 31.2 Å². The lowest BCUT2D eigenvalue weighted by Crippen LogP contribution is -2.35. The summed E-state index contributed by atoms with van der Waals surface area (Å²) in [6.45, 7) is 3.05. The Bertz CT molecular complexity index is 783. The molecule has 22 heavy (non-hydrogen) atoms. The molecule has 118 valence electrons. The van der Waals surface area contributed by atoms with E-state index in [1.165, 1.54) is 10.5 Å². The molecule has 0 amide bonds. The Labute approximate surface area is 130 Å². The molecule has 0 spiro atoms. The van der Waals surface area contributed by atoms with Gasteiger partial charge in [0.2, 0.25) is 0 Å². The van der Waals surface area contributed by atoms with E-state index in [1.807, 2.05) is 19.1 Å². The van der Waals surface area contributed by atoms with Gasteiger partial charge in [0.1, 0.15) is 10.6 Å². The standard InChI is InChI=1S/C15H19N3O3S/c1-3-17-11-14(10-16-17)22(19,20)18-8-4-5-12-9-13(21-2)6-7-15(12)18/h6-7,9-11H,3-5,8H2,1-2H3. The molecule has 6 nitrogen and oxygen atoms in total. The van der Waals surface area contributed by atoms with Crippen molar-refractivity contribution in [3.05, 3.63) is 36.2 Å². The fraction of sp³-hybridized carbons (Fsp3) is 0.400. The van der Waals surface area contributed by atoms with E-state index in [9.17, 15) is 8.42 Å². The molecule has 2 heterocycles. The molecule has 1 aliphatic heterocycles. The molecule has 0 aliphatic carbocycles. The van der Waals surface area contributed by atoms with Crippen LogP contribution in [0.4, 0.5) is 5.69 Å². The van der Waals surface area contributed by atoms with Crippen molar-refractivity contribution in [3.8, 4) is 5.75 Å². The van der Waals surface area contributed by atoms with E-state index in [1.54, 1.807) is 24.1 Å². The fourth-order valence-corrected chi connectivity index (χ4v) is 4.19. The molecule has 7 heteroatoms. The van der Waals surface area contributed by atoms with E-state index in [0.29, 0.717) is 13.1 Å². The second kappa shape index (κ2) is 5.64. The first kappa shape index (κ1) is 14.9. The predicted molar refractivity (Wildman–Crippen MR) is 83.7 cm³/mol. The highest BCUT2D eigenvalue weighted by Gasteiger charge is 2.30.